The van der Waals surface area contributed by atoms with Gasteiger partial charge in [-0.2, -0.15) is 0 Å². The second-order valence-corrected chi connectivity index (χ2v) is 5.61. The van der Waals surface area contributed by atoms with Crippen molar-refractivity contribution < 1.29 is 4.79 Å². The van der Waals surface area contributed by atoms with Crippen LogP contribution >= 0.6 is 27.3 Å². The van der Waals surface area contributed by atoms with Crippen molar-refractivity contribution in [1.82, 2.24) is 15.3 Å². The van der Waals surface area contributed by atoms with Crippen LogP contribution in [0.15, 0.2) is 28.3 Å². The Morgan fingerprint density at radius 3 is 3.06 bits per heavy atom. The van der Waals surface area contributed by atoms with Crippen molar-refractivity contribution in [3.05, 3.63) is 44.6 Å². The summed E-state index contributed by atoms with van der Waals surface area (Å²) >= 11 is 4.86. The van der Waals surface area contributed by atoms with Gasteiger partial charge in [0.2, 0.25) is 0 Å². The standard InChI is InChI=1S/C12H12BrN3OS/c1-8-16-10(7-18-8)3-5-15-12(17)9-2-4-14-11(13)6-9/h2,4,6-7H,3,5H2,1H3,(H,15,17). The Labute approximate surface area is 118 Å². The van der Waals surface area contributed by atoms with Crippen molar-refractivity contribution in [3.8, 4) is 0 Å². The fraction of sp³-hybridized carbons (Fsp3) is 0.250. The maximum atomic E-state index is 11.8. The van der Waals surface area contributed by atoms with Crippen molar-refractivity contribution in [2.75, 3.05) is 6.54 Å². The first kappa shape index (κ1) is 13.2. The molecule has 2 aromatic heterocycles. The van der Waals surface area contributed by atoms with E-state index < -0.39 is 0 Å². The van der Waals surface area contributed by atoms with E-state index in [1.54, 1.807) is 29.7 Å². The maximum Gasteiger partial charge on any atom is 0.251 e. The van der Waals surface area contributed by atoms with Crippen LogP contribution in [-0.2, 0) is 6.42 Å². The zero-order valence-corrected chi connectivity index (χ0v) is 12.2. The summed E-state index contributed by atoms with van der Waals surface area (Å²) in [7, 11) is 0. The van der Waals surface area contributed by atoms with E-state index in [4.69, 9.17) is 0 Å². The number of carbonyl (C=O) groups excluding carboxylic acids is 1. The van der Waals surface area contributed by atoms with Crippen LogP contribution in [0.25, 0.3) is 0 Å². The summed E-state index contributed by atoms with van der Waals surface area (Å²) in [6.45, 7) is 2.56. The first-order chi connectivity index (χ1) is 8.65. The van der Waals surface area contributed by atoms with Crippen LogP contribution in [0, 0.1) is 6.92 Å². The summed E-state index contributed by atoms with van der Waals surface area (Å²) in [5.41, 5.74) is 1.63. The minimum absolute atomic E-state index is 0.0925. The molecule has 0 aliphatic carbocycles. The highest BCUT2D eigenvalue weighted by Crippen LogP contribution is 2.09. The number of pyridine rings is 1. The molecule has 0 fully saturated rings. The third-order valence-electron chi connectivity index (χ3n) is 2.32. The number of carbonyl (C=O) groups is 1. The number of nitrogens with zero attached hydrogens (tertiary/aromatic N) is 2. The average molecular weight is 326 g/mol. The van der Waals surface area contributed by atoms with E-state index in [1.165, 1.54) is 0 Å². The topological polar surface area (TPSA) is 54.9 Å². The fourth-order valence-electron chi connectivity index (χ4n) is 1.47. The van der Waals surface area contributed by atoms with E-state index in [1.807, 2.05) is 12.3 Å². The molecule has 4 nitrogen and oxygen atoms in total. The Morgan fingerprint density at radius 2 is 2.39 bits per heavy atom. The second kappa shape index (κ2) is 6.06. The van der Waals surface area contributed by atoms with Crippen LogP contribution < -0.4 is 5.32 Å². The third kappa shape index (κ3) is 3.61. The van der Waals surface area contributed by atoms with Gasteiger partial charge in [-0.15, -0.1) is 11.3 Å². The van der Waals surface area contributed by atoms with E-state index in [-0.39, 0.29) is 5.91 Å². The van der Waals surface area contributed by atoms with Crippen LogP contribution in [0.4, 0.5) is 0 Å². The molecular formula is C12H12BrN3OS. The maximum absolute atomic E-state index is 11.8. The Hall–Kier alpha value is -1.27. The molecule has 2 heterocycles. The monoisotopic (exact) mass is 325 g/mol. The van der Waals surface area contributed by atoms with Gasteiger partial charge < -0.3 is 5.32 Å². The largest absolute Gasteiger partial charge is 0.352 e. The van der Waals surface area contributed by atoms with Gasteiger partial charge in [0.25, 0.3) is 5.91 Å². The van der Waals surface area contributed by atoms with Crippen molar-refractivity contribution in [1.29, 1.82) is 0 Å². The lowest BCUT2D eigenvalue weighted by Crippen LogP contribution is -2.25. The molecule has 0 spiro atoms. The van der Waals surface area contributed by atoms with Crippen LogP contribution in [0.3, 0.4) is 0 Å². The second-order valence-electron chi connectivity index (χ2n) is 3.73. The number of nitrogens with one attached hydrogen (secondary N) is 1. The lowest BCUT2D eigenvalue weighted by molar-refractivity contribution is 0.0954. The smallest absolute Gasteiger partial charge is 0.251 e. The van der Waals surface area contributed by atoms with E-state index in [0.29, 0.717) is 16.7 Å². The SMILES string of the molecule is Cc1nc(CCNC(=O)c2ccnc(Br)c2)cs1. The molecule has 0 atom stereocenters. The first-order valence-corrected chi connectivity index (χ1v) is 7.13. The van der Waals surface area contributed by atoms with Gasteiger partial charge in [-0.05, 0) is 35.0 Å². The number of amides is 1. The summed E-state index contributed by atoms with van der Waals surface area (Å²) in [4.78, 5) is 20.1. The van der Waals surface area contributed by atoms with Gasteiger partial charge in [0.1, 0.15) is 4.60 Å². The molecule has 0 aromatic carbocycles. The van der Waals surface area contributed by atoms with Gasteiger partial charge in [0, 0.05) is 30.1 Å². The molecule has 0 aliphatic rings. The summed E-state index contributed by atoms with van der Waals surface area (Å²) in [5, 5.41) is 5.93. The van der Waals surface area contributed by atoms with Crippen LogP contribution in [0.2, 0.25) is 0 Å². The van der Waals surface area contributed by atoms with Crippen molar-refractivity contribution in [2.45, 2.75) is 13.3 Å². The van der Waals surface area contributed by atoms with Gasteiger partial charge >= 0.3 is 0 Å². The minimum atomic E-state index is -0.0925. The highest BCUT2D eigenvalue weighted by Gasteiger charge is 2.06. The van der Waals surface area contributed by atoms with Gasteiger partial charge in [-0.25, -0.2) is 9.97 Å². The number of hydrogen-bond acceptors (Lipinski definition) is 4. The molecule has 2 rings (SSSR count). The highest BCUT2D eigenvalue weighted by atomic mass is 79.9. The van der Waals surface area contributed by atoms with E-state index in [2.05, 4.69) is 31.2 Å². The molecule has 1 N–H and O–H groups in total. The minimum Gasteiger partial charge on any atom is -0.352 e. The molecule has 6 heteroatoms. The number of rotatable bonds is 4. The Morgan fingerprint density at radius 1 is 1.56 bits per heavy atom. The van der Waals surface area contributed by atoms with E-state index in [0.717, 1.165) is 17.1 Å². The number of aromatic nitrogens is 2. The van der Waals surface area contributed by atoms with Gasteiger partial charge in [0.05, 0.1) is 10.7 Å². The number of halogens is 1. The molecule has 2 aromatic rings. The molecule has 0 aliphatic heterocycles. The summed E-state index contributed by atoms with van der Waals surface area (Å²) in [6.07, 6.45) is 2.35. The number of hydrogen-bond donors (Lipinski definition) is 1. The molecule has 0 saturated carbocycles. The Bertz CT molecular complexity index is 556. The number of aryl methyl sites for hydroxylation is 1. The van der Waals surface area contributed by atoms with Gasteiger partial charge in [-0.1, -0.05) is 0 Å². The van der Waals surface area contributed by atoms with Crippen molar-refractivity contribution >= 4 is 33.2 Å². The average Bonchev–Trinajstić information content (AvgIpc) is 2.75. The summed E-state index contributed by atoms with van der Waals surface area (Å²) in [6, 6.07) is 3.38. The zero-order valence-electron chi connectivity index (χ0n) is 9.81. The molecule has 0 bridgehead atoms. The molecule has 0 radical (unpaired) electrons. The molecule has 1 amide bonds. The predicted octanol–water partition coefficient (Wildman–Crippen LogP) is 2.58. The summed E-state index contributed by atoms with van der Waals surface area (Å²) in [5.74, 6) is -0.0925. The van der Waals surface area contributed by atoms with Gasteiger partial charge in [0.15, 0.2) is 0 Å². The van der Waals surface area contributed by atoms with E-state index in [9.17, 15) is 4.79 Å². The summed E-state index contributed by atoms with van der Waals surface area (Å²) < 4.78 is 0.658. The molecule has 0 saturated heterocycles. The number of thiazole rings is 1. The van der Waals surface area contributed by atoms with Crippen LogP contribution in [-0.4, -0.2) is 22.4 Å². The zero-order chi connectivity index (χ0) is 13.0. The lowest BCUT2D eigenvalue weighted by atomic mass is 10.2. The molecular weight excluding hydrogens is 314 g/mol. The quantitative estimate of drug-likeness (QED) is 0.879. The fourth-order valence-corrected chi connectivity index (χ4v) is 2.48. The van der Waals surface area contributed by atoms with Crippen LogP contribution in [0.5, 0.6) is 0 Å². The lowest BCUT2D eigenvalue weighted by Gasteiger charge is -2.04. The molecule has 18 heavy (non-hydrogen) atoms. The normalized spacial score (nSPS) is 10.3. The van der Waals surface area contributed by atoms with E-state index >= 15 is 0 Å². The predicted molar refractivity (Wildman–Crippen MR) is 74.8 cm³/mol. The first-order valence-electron chi connectivity index (χ1n) is 5.46. The van der Waals surface area contributed by atoms with Gasteiger partial charge in [-0.3, -0.25) is 4.79 Å². The van der Waals surface area contributed by atoms with Crippen LogP contribution in [0.1, 0.15) is 21.1 Å². The van der Waals surface area contributed by atoms with Crippen molar-refractivity contribution in [2.24, 2.45) is 0 Å². The third-order valence-corrected chi connectivity index (χ3v) is 3.58. The molecule has 94 valence electrons. The molecule has 0 unspecified atom stereocenters. The van der Waals surface area contributed by atoms with Crippen molar-refractivity contribution in [3.63, 3.8) is 0 Å². The Balaban J connectivity index is 1.85. The Kier molecular flexibility index (Phi) is 4.43. The highest BCUT2D eigenvalue weighted by molar-refractivity contribution is 9.10.